The minimum Gasteiger partial charge on any atom is -0.494 e. The SMILES string of the molecule is CC(C)=CCCC(C)CC(=O)C(C)C.CC(C)C(=O)CCCCC1CCCCC1.CC(C)C(=O)CCCCCCCCCCOc1ccccc1.CC(C)C(=O)CCCCCc1ccccc1.CC(C)C(=O)CCCCc1ccccc1.CC(C)C(=O)CCCOc1ccccc1.CC(C)CCSc1ccccc1.CC(C)CCc1ccc2ccccc2c1.CC(C)Cc1ccccc1.CCC(C)C(=O)C(C)C. The van der Waals surface area contributed by atoms with E-state index < -0.39 is 0 Å². The quantitative estimate of drug-likeness (QED) is 0.0206. The molecule has 0 N–H and O–H groups in total. The Morgan fingerprint density at radius 2 is 0.692 bits per heavy atom. The highest BCUT2D eigenvalue weighted by Crippen LogP contribution is 2.29. The molecule has 0 bridgehead atoms. The van der Waals surface area contributed by atoms with Crippen LogP contribution >= 0.6 is 11.8 Å². The first kappa shape index (κ1) is 134. The Morgan fingerprint density at radius 1 is 0.329 bits per heavy atom. The first-order chi connectivity index (χ1) is 68.3. The lowest BCUT2D eigenvalue weighted by atomic mass is 9.85. The molecule has 8 aromatic carbocycles. The maximum atomic E-state index is 11.5. The second kappa shape index (κ2) is 88.7. The van der Waals surface area contributed by atoms with E-state index in [1.165, 1.54) is 165 Å². The van der Waals surface area contributed by atoms with E-state index in [9.17, 15) is 33.6 Å². The van der Waals surface area contributed by atoms with Crippen molar-refractivity contribution < 1.29 is 43.0 Å². The standard InChI is InChI=1S/C20H32O2.C15H22O.C15H18.C14H26O.C14H20O.C13H18O2.C13H24O.C11H16S.C10H14.C8H16O/c1-18(2)20(21)16-12-7-5-3-4-6-8-13-17-22-19-14-10-9-11-15-19;1-13(2)15(16)12-8-4-7-11-14-9-5-3-6-10-14;1-12(2)7-8-13-9-10-14-5-3-4-6-15(14)11-13;2*1-12(2)14(15)11-7-6-10-13-8-4-3-5-9-13;1-11(2)13(14)9-6-10-15-12-7-4-3-5-8-12;1-10(2)7-6-8-12(5)9-13(14)11(3)4;1-10(2)8-9-12-11-6-4-3-5-7-11;1-9(2)8-10-6-4-3-5-7-10;1-5-7(4)8(9)6(2)3/h9-11,14-15,18H,3-8,12-13,16-17H2,1-2H3;3,5-6,9-10,13H,4,7-8,11-12H2,1-2H3;3-6,9-12H,7-8H2,1-2H3;12-13H,3-11H2,1-2H3;3-5,8-9,12H,6-7,10-11H2,1-2H3;3-5,7-8,11H,6,9-10H2,1-2H3;7,11-12H,6,8-9H2,1-5H3;3-7,10H,8-9H2,1-2H3;3-7,9H,8H2,1-2H3;6-7H,5H2,1-4H3. The van der Waals surface area contributed by atoms with E-state index in [-0.39, 0.29) is 47.3 Å². The van der Waals surface area contributed by atoms with E-state index in [2.05, 4.69) is 220 Å². The van der Waals surface area contributed by atoms with Crippen molar-refractivity contribution in [3.63, 3.8) is 0 Å². The van der Waals surface area contributed by atoms with Gasteiger partial charge >= 0.3 is 0 Å². The van der Waals surface area contributed by atoms with Gasteiger partial charge in [0.1, 0.15) is 52.0 Å². The highest BCUT2D eigenvalue weighted by atomic mass is 32.2. The molecule has 1 saturated carbocycles. The number of thioether (sulfide) groups is 1. The van der Waals surface area contributed by atoms with Gasteiger partial charge in [0, 0.05) is 90.8 Å². The van der Waals surface area contributed by atoms with E-state index in [4.69, 9.17) is 9.47 Å². The van der Waals surface area contributed by atoms with Gasteiger partial charge in [-0.2, -0.15) is 0 Å². The number of aryl methyl sites for hydroxylation is 3. The average molecular weight is 1980 g/mol. The Bertz CT molecular complexity index is 4340. The third-order valence-corrected chi connectivity index (χ3v) is 26.5. The Balaban J connectivity index is 0.00000158. The fourth-order valence-corrected chi connectivity index (χ4v) is 16.6. The number of ketones is 7. The van der Waals surface area contributed by atoms with E-state index in [1.807, 2.05) is 195 Å². The first-order valence-electron chi connectivity index (χ1n) is 56.3. The van der Waals surface area contributed by atoms with Crippen LogP contribution in [-0.4, -0.2) is 59.4 Å². The van der Waals surface area contributed by atoms with E-state index in [1.54, 1.807) is 0 Å². The minimum absolute atomic E-state index is 0.140. The zero-order valence-electron chi connectivity index (χ0n) is 95.3. The molecule has 0 spiro atoms. The summed E-state index contributed by atoms with van der Waals surface area (Å²) >= 11 is 1.95. The van der Waals surface area contributed by atoms with Gasteiger partial charge in [-0.15, -0.1) is 11.8 Å². The fourth-order valence-electron chi connectivity index (χ4n) is 15.5. The summed E-state index contributed by atoms with van der Waals surface area (Å²) < 4.78 is 11.2. The number of carbonyl (C=O) groups excluding carboxylic acids is 7. The molecule has 1 fully saturated rings. The Labute approximate surface area is 881 Å². The second-order valence-electron chi connectivity index (χ2n) is 43.3. The number of hydrogen-bond donors (Lipinski definition) is 0. The molecule has 9 rings (SSSR count). The molecular formula is C133H206O9S. The van der Waals surface area contributed by atoms with Crippen LogP contribution < -0.4 is 9.47 Å². The van der Waals surface area contributed by atoms with Crippen LogP contribution in [0, 0.1) is 76.9 Å². The van der Waals surface area contributed by atoms with Crippen molar-refractivity contribution in [3.05, 3.63) is 258 Å². The monoisotopic (exact) mass is 1980 g/mol. The molecule has 1 aliphatic carbocycles. The van der Waals surface area contributed by atoms with Gasteiger partial charge < -0.3 is 9.47 Å². The highest BCUT2D eigenvalue weighted by Gasteiger charge is 2.17. The van der Waals surface area contributed by atoms with E-state index in [0.717, 1.165) is 157 Å². The molecule has 0 saturated heterocycles. The zero-order chi connectivity index (χ0) is 107. The maximum absolute atomic E-state index is 11.5. The van der Waals surface area contributed by atoms with Gasteiger partial charge in [-0.3, -0.25) is 33.6 Å². The number of fused-ring (bicyclic) bond motifs is 1. The Hall–Kier alpha value is -8.60. The fraction of sp³-hybridized carbons (Fsp3) is 0.586. The summed E-state index contributed by atoms with van der Waals surface area (Å²) in [5, 5.41) is 2.70. The third kappa shape index (κ3) is 80.3. The van der Waals surface area contributed by atoms with Crippen molar-refractivity contribution in [1.82, 2.24) is 0 Å². The van der Waals surface area contributed by atoms with Crippen molar-refractivity contribution in [2.24, 2.45) is 76.9 Å². The molecule has 2 atom stereocenters. The lowest BCUT2D eigenvalue weighted by Gasteiger charge is -2.21. The molecule has 0 amide bonds. The number of hydrogen-bond acceptors (Lipinski definition) is 10. The summed E-state index contributed by atoms with van der Waals surface area (Å²) in [6, 6.07) is 77.2. The van der Waals surface area contributed by atoms with Gasteiger partial charge in [-0.05, 0) is 228 Å². The largest absolute Gasteiger partial charge is 0.494 e. The van der Waals surface area contributed by atoms with Crippen molar-refractivity contribution in [3.8, 4) is 11.5 Å². The molecule has 798 valence electrons. The second-order valence-corrected chi connectivity index (χ2v) is 44.5. The van der Waals surface area contributed by atoms with Crippen LogP contribution in [0.15, 0.2) is 241 Å². The van der Waals surface area contributed by atoms with Crippen LogP contribution in [0.4, 0.5) is 0 Å². The van der Waals surface area contributed by atoms with Crippen LogP contribution in [0.3, 0.4) is 0 Å². The number of ether oxygens (including phenoxy) is 2. The first-order valence-corrected chi connectivity index (χ1v) is 57.3. The van der Waals surface area contributed by atoms with Gasteiger partial charge in [0.25, 0.3) is 0 Å². The van der Waals surface area contributed by atoms with Gasteiger partial charge in [0.15, 0.2) is 0 Å². The molecule has 1 aliphatic rings. The van der Waals surface area contributed by atoms with E-state index in [0.29, 0.717) is 59.4 Å². The lowest BCUT2D eigenvalue weighted by molar-refractivity contribution is -0.125. The molecule has 0 radical (unpaired) electrons. The predicted molar refractivity (Wildman–Crippen MR) is 622 cm³/mol. The molecule has 9 nitrogen and oxygen atoms in total. The Kier molecular flexibility index (Phi) is 83.3. The minimum atomic E-state index is 0.140. The smallest absolute Gasteiger partial charge is 0.138 e. The third-order valence-electron chi connectivity index (χ3n) is 25.4. The molecule has 0 aliphatic heterocycles. The molecule has 10 heteroatoms. The summed E-state index contributed by atoms with van der Waals surface area (Å²) in [4.78, 5) is 80.8. The Morgan fingerprint density at radius 3 is 1.10 bits per heavy atom. The van der Waals surface area contributed by atoms with Crippen molar-refractivity contribution in [2.75, 3.05) is 19.0 Å². The van der Waals surface area contributed by atoms with Gasteiger partial charge in [0.2, 0.25) is 0 Å². The number of unbranched alkanes of at least 4 members (excludes halogenated alkanes) is 11. The number of benzene rings is 8. The normalized spacial score (nSPS) is 11.9. The summed E-state index contributed by atoms with van der Waals surface area (Å²) in [6.07, 6.45) is 44.2. The van der Waals surface area contributed by atoms with Crippen molar-refractivity contribution in [2.45, 2.75) is 416 Å². The molecular weight excluding hydrogens is 1770 g/mol. The van der Waals surface area contributed by atoms with Crippen LogP contribution in [0.2, 0.25) is 0 Å². The predicted octanol–water partition coefficient (Wildman–Crippen LogP) is 38.2. The number of para-hydroxylation sites is 2. The van der Waals surface area contributed by atoms with Crippen LogP contribution in [0.25, 0.3) is 10.8 Å². The molecule has 143 heavy (non-hydrogen) atoms. The van der Waals surface area contributed by atoms with Crippen LogP contribution in [-0.2, 0) is 59.2 Å². The lowest BCUT2D eigenvalue weighted by Crippen LogP contribution is -2.15. The number of rotatable bonds is 56. The highest BCUT2D eigenvalue weighted by molar-refractivity contribution is 7.99. The number of carbonyl (C=O) groups is 7. The van der Waals surface area contributed by atoms with Crippen molar-refractivity contribution in [1.29, 1.82) is 0 Å². The molecule has 0 heterocycles. The van der Waals surface area contributed by atoms with Crippen molar-refractivity contribution >= 4 is 63.0 Å². The summed E-state index contributed by atoms with van der Waals surface area (Å²) in [5.74, 6) is 11.4. The topological polar surface area (TPSA) is 138 Å². The summed E-state index contributed by atoms with van der Waals surface area (Å²) in [7, 11) is 0. The molecule has 2 unspecified atom stereocenters. The summed E-state index contributed by atoms with van der Waals surface area (Å²) in [5.41, 5.74) is 7.04. The van der Waals surface area contributed by atoms with Gasteiger partial charge in [-0.25, -0.2) is 0 Å². The number of allylic oxidation sites excluding steroid dienone is 2. The summed E-state index contributed by atoms with van der Waals surface area (Å²) in [6.45, 7) is 53.1. The van der Waals surface area contributed by atoms with Gasteiger partial charge in [0.05, 0.1) is 13.2 Å². The van der Waals surface area contributed by atoms with Gasteiger partial charge in [-0.1, -0.05) is 449 Å². The van der Waals surface area contributed by atoms with Crippen LogP contribution in [0.1, 0.15) is 407 Å². The molecule has 0 aromatic heterocycles. The number of Topliss-reactive ketones (excluding diaryl/α,β-unsaturated/α-hetero) is 7. The van der Waals surface area contributed by atoms with E-state index >= 15 is 0 Å². The molecule has 8 aromatic rings. The van der Waals surface area contributed by atoms with Crippen LogP contribution in [0.5, 0.6) is 11.5 Å². The average Bonchev–Trinajstić information content (AvgIpc) is 0.842. The maximum Gasteiger partial charge on any atom is 0.138 e. The zero-order valence-corrected chi connectivity index (χ0v) is 96.1.